The molecule has 7 aromatic rings. The predicted octanol–water partition coefficient (Wildman–Crippen LogP) is 10.00. The smallest absolute Gasteiger partial charge is 0.131 e. The second-order valence-corrected chi connectivity index (χ2v) is 12.4. The number of hydrogen-bond donors (Lipinski definition) is 2. The van der Waals surface area contributed by atoms with E-state index in [1.54, 1.807) is 0 Å². The molecule has 0 spiro atoms. The molecule has 44 heavy (non-hydrogen) atoms. The molecule has 3 N–H and O–H groups in total. The van der Waals surface area contributed by atoms with Crippen LogP contribution in [0.15, 0.2) is 127 Å². The Balaban J connectivity index is 1.12. The van der Waals surface area contributed by atoms with Gasteiger partial charge < -0.3 is 16.0 Å². The zero-order chi connectivity index (χ0) is 29.2. The molecule has 0 radical (unpaired) electrons. The number of nitrogens with two attached hydrogens (primary N) is 1. The van der Waals surface area contributed by atoms with E-state index in [1.807, 2.05) is 23.5 Å². The van der Waals surface area contributed by atoms with Crippen LogP contribution in [0.5, 0.6) is 0 Å². The van der Waals surface area contributed by atoms with E-state index in [1.165, 1.54) is 54.3 Å². The summed E-state index contributed by atoms with van der Waals surface area (Å²) in [5.41, 5.74) is 18.6. The number of nitrogens with one attached hydrogen (secondary N) is 1. The van der Waals surface area contributed by atoms with Crippen LogP contribution in [0.1, 0.15) is 17.3 Å². The van der Waals surface area contributed by atoms with Gasteiger partial charge in [0.2, 0.25) is 0 Å². The topological polar surface area (TPSA) is 54.2 Å². The average Bonchev–Trinajstić information content (AvgIpc) is 3.66. The molecule has 2 aliphatic heterocycles. The minimum atomic E-state index is 0.0825. The first-order chi connectivity index (χ1) is 21.7. The number of hydrogen-bond acceptors (Lipinski definition) is 5. The Morgan fingerprint density at radius 3 is 2.50 bits per heavy atom. The summed E-state index contributed by atoms with van der Waals surface area (Å²) in [6.07, 6.45) is 4.09. The van der Waals surface area contributed by atoms with Crippen LogP contribution in [-0.4, -0.2) is 11.5 Å². The fourth-order valence-electron chi connectivity index (χ4n) is 6.69. The highest BCUT2D eigenvalue weighted by molar-refractivity contribution is 7.23. The third kappa shape index (κ3) is 3.90. The first kappa shape index (κ1) is 25.3. The van der Waals surface area contributed by atoms with Crippen molar-refractivity contribution >= 4 is 55.5 Å². The molecule has 0 saturated heterocycles. The molecular formula is C39H28N4S. The van der Waals surface area contributed by atoms with Gasteiger partial charge in [-0.15, -0.1) is 11.3 Å². The largest absolute Gasteiger partial charge is 0.359 e. The summed E-state index contributed by atoms with van der Waals surface area (Å²) in [4.78, 5) is 8.83. The molecule has 5 aromatic carbocycles. The summed E-state index contributed by atoms with van der Waals surface area (Å²) < 4.78 is 1.30. The van der Waals surface area contributed by atoms with Crippen LogP contribution < -0.4 is 16.0 Å². The molecule has 0 fully saturated rings. The first-order valence-corrected chi connectivity index (χ1v) is 15.8. The molecule has 9 rings (SSSR count). The van der Waals surface area contributed by atoms with E-state index in [-0.39, 0.29) is 6.17 Å². The molecule has 2 aliphatic rings. The fraction of sp³-hybridized carbons (Fsp3) is 0.0513. The van der Waals surface area contributed by atoms with E-state index in [4.69, 9.17) is 10.7 Å². The van der Waals surface area contributed by atoms with Crippen LogP contribution in [0.25, 0.3) is 59.9 Å². The molecule has 4 heterocycles. The lowest BCUT2D eigenvalue weighted by atomic mass is 9.95. The molecule has 0 saturated carbocycles. The van der Waals surface area contributed by atoms with E-state index in [9.17, 15) is 0 Å². The minimum Gasteiger partial charge on any atom is -0.359 e. The van der Waals surface area contributed by atoms with Gasteiger partial charge in [-0.1, -0.05) is 97.1 Å². The molecular weight excluding hydrogens is 557 g/mol. The SMILES string of the molecule is NC/C=C\c1ccc2ccc(-c3ccc(-c4ccc5sc6c(c5c4)N4c5ccccc5NC4c4ccccc4-6)cc3)nc2c1. The van der Waals surface area contributed by atoms with E-state index in [2.05, 4.69) is 132 Å². The van der Waals surface area contributed by atoms with Gasteiger partial charge in [-0.2, -0.15) is 0 Å². The highest BCUT2D eigenvalue weighted by Crippen LogP contribution is 2.59. The number of fused-ring (bicyclic) bond motifs is 11. The van der Waals surface area contributed by atoms with Gasteiger partial charge in [0.05, 0.1) is 33.1 Å². The van der Waals surface area contributed by atoms with Crippen molar-refractivity contribution < 1.29 is 0 Å². The molecule has 0 bridgehead atoms. The van der Waals surface area contributed by atoms with Crippen molar-refractivity contribution in [3.63, 3.8) is 0 Å². The Labute approximate surface area is 259 Å². The summed E-state index contributed by atoms with van der Waals surface area (Å²) in [6, 6.07) is 43.8. The lowest BCUT2D eigenvalue weighted by molar-refractivity contribution is 0.825. The van der Waals surface area contributed by atoms with Crippen molar-refractivity contribution in [1.29, 1.82) is 0 Å². The monoisotopic (exact) mass is 584 g/mol. The highest BCUT2D eigenvalue weighted by atomic mass is 32.1. The Kier molecular flexibility index (Phi) is 5.70. The predicted molar refractivity (Wildman–Crippen MR) is 186 cm³/mol. The molecule has 210 valence electrons. The fourth-order valence-corrected chi connectivity index (χ4v) is 7.91. The molecule has 0 amide bonds. The van der Waals surface area contributed by atoms with Gasteiger partial charge in [0, 0.05) is 38.7 Å². The summed E-state index contributed by atoms with van der Waals surface area (Å²) in [6.45, 7) is 0.525. The Morgan fingerprint density at radius 2 is 1.59 bits per heavy atom. The zero-order valence-corrected chi connectivity index (χ0v) is 24.7. The maximum absolute atomic E-state index is 5.64. The number of para-hydroxylation sites is 2. The van der Waals surface area contributed by atoms with Crippen molar-refractivity contribution in [1.82, 2.24) is 4.98 Å². The molecule has 1 atom stereocenters. The maximum atomic E-state index is 5.64. The van der Waals surface area contributed by atoms with Crippen LogP contribution in [-0.2, 0) is 0 Å². The molecule has 2 aromatic heterocycles. The van der Waals surface area contributed by atoms with Crippen molar-refractivity contribution in [2.45, 2.75) is 6.17 Å². The van der Waals surface area contributed by atoms with Crippen LogP contribution in [0.3, 0.4) is 0 Å². The van der Waals surface area contributed by atoms with Gasteiger partial charge >= 0.3 is 0 Å². The lowest BCUT2D eigenvalue weighted by Crippen LogP contribution is -2.26. The Morgan fingerprint density at radius 1 is 0.795 bits per heavy atom. The van der Waals surface area contributed by atoms with E-state index in [0.717, 1.165) is 27.7 Å². The van der Waals surface area contributed by atoms with Crippen LogP contribution in [0.2, 0.25) is 0 Å². The number of nitrogens with zero attached hydrogens (tertiary/aromatic N) is 2. The summed E-state index contributed by atoms with van der Waals surface area (Å²) in [5, 5.41) is 6.22. The molecule has 0 aliphatic carbocycles. The molecule has 5 heteroatoms. The standard InChI is InChI=1S/C39H28N4S/c40-21-5-6-24-11-12-27-17-19-32(41-34(27)22-24)26-15-13-25(14-16-26)28-18-20-36-31(23-28)37-38(44-36)29-7-1-2-8-30(29)39-42-33-9-3-4-10-35(33)43(37)39/h1-20,22-23,39,42H,21,40H2/b6-5-. The van der Waals surface area contributed by atoms with Gasteiger partial charge in [-0.05, 0) is 53.1 Å². The van der Waals surface area contributed by atoms with Crippen molar-refractivity contribution in [2.24, 2.45) is 5.73 Å². The lowest BCUT2D eigenvalue weighted by Gasteiger charge is -2.33. The number of anilines is 3. The number of pyridine rings is 1. The van der Waals surface area contributed by atoms with Crippen molar-refractivity contribution in [3.05, 3.63) is 139 Å². The number of rotatable bonds is 4. The van der Waals surface area contributed by atoms with Crippen LogP contribution in [0, 0.1) is 0 Å². The van der Waals surface area contributed by atoms with Gasteiger partial charge in [-0.25, -0.2) is 4.98 Å². The molecule has 4 nitrogen and oxygen atoms in total. The zero-order valence-electron chi connectivity index (χ0n) is 23.9. The minimum absolute atomic E-state index is 0.0825. The quantitative estimate of drug-likeness (QED) is 0.216. The number of thiophene rings is 1. The Bertz CT molecular complexity index is 2260. The third-order valence-corrected chi connectivity index (χ3v) is 9.99. The summed E-state index contributed by atoms with van der Waals surface area (Å²) in [5.74, 6) is 0. The van der Waals surface area contributed by atoms with E-state index >= 15 is 0 Å². The second kappa shape index (κ2) is 9.91. The van der Waals surface area contributed by atoms with Gasteiger partial charge in [-0.3, -0.25) is 0 Å². The highest BCUT2D eigenvalue weighted by Gasteiger charge is 2.39. The Hall–Kier alpha value is -5.23. The molecule has 1 unspecified atom stereocenters. The van der Waals surface area contributed by atoms with E-state index in [0.29, 0.717) is 6.54 Å². The van der Waals surface area contributed by atoms with Crippen molar-refractivity contribution in [3.8, 4) is 32.8 Å². The van der Waals surface area contributed by atoms with E-state index < -0.39 is 0 Å². The van der Waals surface area contributed by atoms with Crippen LogP contribution in [0.4, 0.5) is 17.1 Å². The van der Waals surface area contributed by atoms with Crippen LogP contribution >= 0.6 is 11.3 Å². The second-order valence-electron chi connectivity index (χ2n) is 11.4. The maximum Gasteiger partial charge on any atom is 0.131 e. The van der Waals surface area contributed by atoms with Gasteiger partial charge in [0.1, 0.15) is 6.17 Å². The van der Waals surface area contributed by atoms with Crippen molar-refractivity contribution in [2.75, 3.05) is 16.8 Å². The average molecular weight is 585 g/mol. The number of benzene rings is 5. The normalized spacial score (nSPS) is 14.8. The summed E-state index contributed by atoms with van der Waals surface area (Å²) in [7, 11) is 0. The van der Waals surface area contributed by atoms with Gasteiger partial charge in [0.15, 0.2) is 0 Å². The third-order valence-electron chi connectivity index (χ3n) is 8.79. The number of aromatic nitrogens is 1. The van der Waals surface area contributed by atoms with Gasteiger partial charge in [0.25, 0.3) is 0 Å². The first-order valence-electron chi connectivity index (χ1n) is 14.9. The summed E-state index contributed by atoms with van der Waals surface area (Å²) >= 11 is 1.89.